The summed E-state index contributed by atoms with van der Waals surface area (Å²) in [6.45, 7) is 3.21. The second-order valence-electron chi connectivity index (χ2n) is 8.05. The standard InChI is InChI=1S/C22H27NO3/c24-20-10-3-4-11-21(20)26-22(25)19(16-7-1-2-8-16)9-5-6-12-23-14-17-13-18(17)15-23/h3-4,10-11,16-19,24H,1-2,7-9,12-15H2/t17-,18+,19-/m0/s1. The molecule has 1 heterocycles. The van der Waals surface area contributed by atoms with E-state index >= 15 is 0 Å². The minimum absolute atomic E-state index is 0.00436. The van der Waals surface area contributed by atoms with Crippen molar-refractivity contribution in [2.24, 2.45) is 23.7 Å². The fourth-order valence-electron chi connectivity index (χ4n) is 4.50. The molecule has 0 bridgehead atoms. The Morgan fingerprint density at radius 3 is 2.65 bits per heavy atom. The summed E-state index contributed by atoms with van der Waals surface area (Å²) in [5.74, 6) is 8.51. The molecule has 0 amide bonds. The van der Waals surface area contributed by atoms with Crippen molar-refractivity contribution in [2.45, 2.75) is 38.5 Å². The highest BCUT2D eigenvalue weighted by atomic mass is 16.5. The number of carbonyl (C=O) groups excluding carboxylic acids is 1. The number of nitrogens with zero attached hydrogens (tertiary/aromatic N) is 1. The number of hydrogen-bond donors (Lipinski definition) is 1. The average molecular weight is 353 g/mol. The van der Waals surface area contributed by atoms with Crippen LogP contribution in [0.3, 0.4) is 0 Å². The summed E-state index contributed by atoms with van der Waals surface area (Å²) < 4.78 is 5.50. The Balaban J connectivity index is 1.36. The van der Waals surface area contributed by atoms with Crippen LogP contribution in [0.5, 0.6) is 11.5 Å². The molecule has 4 heteroatoms. The van der Waals surface area contributed by atoms with E-state index in [1.165, 1.54) is 38.4 Å². The van der Waals surface area contributed by atoms with Gasteiger partial charge in [0.05, 0.1) is 12.5 Å². The molecule has 2 aliphatic carbocycles. The Labute approximate surface area is 155 Å². The first kappa shape index (κ1) is 17.4. The lowest BCUT2D eigenvalue weighted by atomic mass is 9.88. The van der Waals surface area contributed by atoms with Gasteiger partial charge in [-0.05, 0) is 49.1 Å². The van der Waals surface area contributed by atoms with E-state index in [2.05, 4.69) is 16.7 Å². The number of phenols is 1. The molecule has 3 atom stereocenters. The number of likely N-dealkylation sites (tertiary alicyclic amines) is 1. The van der Waals surface area contributed by atoms with Gasteiger partial charge in [-0.15, -0.1) is 5.92 Å². The molecule has 3 aliphatic rings. The van der Waals surface area contributed by atoms with Crippen LogP contribution >= 0.6 is 0 Å². The number of piperidine rings is 1. The lowest BCUT2D eigenvalue weighted by molar-refractivity contribution is -0.140. The van der Waals surface area contributed by atoms with Crippen LogP contribution < -0.4 is 4.74 Å². The lowest BCUT2D eigenvalue weighted by Gasteiger charge is -2.20. The van der Waals surface area contributed by atoms with Crippen molar-refractivity contribution < 1.29 is 14.6 Å². The number of aromatic hydroxyl groups is 1. The predicted octanol–water partition coefficient (Wildman–Crippen LogP) is 3.45. The quantitative estimate of drug-likeness (QED) is 0.500. The summed E-state index contributed by atoms with van der Waals surface area (Å²) in [5, 5.41) is 9.86. The number of rotatable bonds is 5. The number of ether oxygens (including phenoxy) is 1. The van der Waals surface area contributed by atoms with E-state index in [0.29, 0.717) is 12.3 Å². The van der Waals surface area contributed by atoms with E-state index in [0.717, 1.165) is 31.2 Å². The van der Waals surface area contributed by atoms with Crippen LogP contribution in [0.25, 0.3) is 0 Å². The number of benzene rings is 1. The van der Waals surface area contributed by atoms with Crippen LogP contribution in [0.2, 0.25) is 0 Å². The van der Waals surface area contributed by atoms with Crippen LogP contribution in [0, 0.1) is 35.5 Å². The van der Waals surface area contributed by atoms with Gasteiger partial charge in [0.1, 0.15) is 0 Å². The molecular formula is C22H27NO3. The number of fused-ring (bicyclic) bond motifs is 1. The number of carbonyl (C=O) groups is 1. The first-order chi connectivity index (χ1) is 12.7. The molecular weight excluding hydrogens is 326 g/mol. The zero-order valence-electron chi connectivity index (χ0n) is 15.2. The highest BCUT2D eigenvalue weighted by molar-refractivity contribution is 5.76. The monoisotopic (exact) mass is 353 g/mol. The largest absolute Gasteiger partial charge is 0.504 e. The Hall–Kier alpha value is -1.99. The fraction of sp³-hybridized carbons (Fsp3) is 0.591. The Kier molecular flexibility index (Phi) is 5.17. The molecule has 4 nitrogen and oxygen atoms in total. The molecule has 3 fully saturated rings. The summed E-state index contributed by atoms with van der Waals surface area (Å²) in [5.41, 5.74) is 0. The van der Waals surface area contributed by atoms with Gasteiger partial charge in [-0.1, -0.05) is 30.9 Å². The van der Waals surface area contributed by atoms with Gasteiger partial charge in [0.25, 0.3) is 0 Å². The van der Waals surface area contributed by atoms with Crippen molar-refractivity contribution in [3.63, 3.8) is 0 Å². The zero-order chi connectivity index (χ0) is 17.9. The number of hydrogen-bond acceptors (Lipinski definition) is 4. The van der Waals surface area contributed by atoms with Crippen LogP contribution in [0.1, 0.15) is 38.5 Å². The van der Waals surface area contributed by atoms with Crippen molar-refractivity contribution >= 4 is 5.97 Å². The highest BCUT2D eigenvalue weighted by Gasteiger charge is 2.44. The molecule has 26 heavy (non-hydrogen) atoms. The minimum Gasteiger partial charge on any atom is -0.504 e. The molecule has 0 unspecified atom stereocenters. The van der Waals surface area contributed by atoms with Crippen molar-refractivity contribution in [3.05, 3.63) is 24.3 Å². The van der Waals surface area contributed by atoms with Crippen molar-refractivity contribution in [1.29, 1.82) is 0 Å². The van der Waals surface area contributed by atoms with E-state index in [1.807, 2.05) is 0 Å². The molecule has 1 aliphatic heterocycles. The van der Waals surface area contributed by atoms with E-state index in [-0.39, 0.29) is 23.4 Å². The highest BCUT2D eigenvalue weighted by Crippen LogP contribution is 2.44. The molecule has 0 spiro atoms. The third kappa shape index (κ3) is 4.04. The van der Waals surface area contributed by atoms with Crippen LogP contribution in [0.4, 0.5) is 0 Å². The smallest absolute Gasteiger partial charge is 0.315 e. The zero-order valence-corrected chi connectivity index (χ0v) is 15.2. The van der Waals surface area contributed by atoms with E-state index < -0.39 is 0 Å². The minimum atomic E-state index is -0.255. The summed E-state index contributed by atoms with van der Waals surface area (Å²) >= 11 is 0. The maximum absolute atomic E-state index is 12.7. The summed E-state index contributed by atoms with van der Waals surface area (Å²) in [7, 11) is 0. The van der Waals surface area contributed by atoms with Gasteiger partial charge in [0.2, 0.25) is 0 Å². The molecule has 1 saturated heterocycles. The van der Waals surface area contributed by atoms with Gasteiger partial charge in [0.15, 0.2) is 11.5 Å². The molecule has 1 aromatic carbocycles. The first-order valence-corrected chi connectivity index (χ1v) is 9.88. The maximum Gasteiger partial charge on any atom is 0.315 e. The fourth-order valence-corrected chi connectivity index (χ4v) is 4.50. The molecule has 138 valence electrons. The Morgan fingerprint density at radius 1 is 1.19 bits per heavy atom. The summed E-state index contributed by atoms with van der Waals surface area (Å²) in [6, 6.07) is 6.64. The number of phenolic OH excluding ortho intramolecular Hbond substituents is 1. The number of para-hydroxylation sites is 2. The summed E-state index contributed by atoms with van der Waals surface area (Å²) in [6.07, 6.45) is 6.45. The van der Waals surface area contributed by atoms with Gasteiger partial charge in [-0.25, -0.2) is 0 Å². The van der Waals surface area contributed by atoms with Crippen molar-refractivity contribution in [2.75, 3.05) is 19.6 Å². The molecule has 4 rings (SSSR count). The van der Waals surface area contributed by atoms with Gasteiger partial charge in [-0.3, -0.25) is 9.69 Å². The molecule has 0 aromatic heterocycles. The topological polar surface area (TPSA) is 49.8 Å². The van der Waals surface area contributed by atoms with Crippen LogP contribution in [-0.2, 0) is 4.79 Å². The lowest BCUT2D eigenvalue weighted by Crippen LogP contribution is -2.26. The van der Waals surface area contributed by atoms with E-state index in [9.17, 15) is 9.90 Å². The summed E-state index contributed by atoms with van der Waals surface area (Å²) in [4.78, 5) is 15.2. The van der Waals surface area contributed by atoms with Gasteiger partial charge in [-0.2, -0.15) is 0 Å². The molecule has 0 radical (unpaired) electrons. The van der Waals surface area contributed by atoms with Crippen LogP contribution in [-0.4, -0.2) is 35.6 Å². The SMILES string of the molecule is O=C(Oc1ccccc1O)[C@@H](CC#CCN1C[C@H]2C[C@H]2C1)C1CCCC1. The van der Waals surface area contributed by atoms with Gasteiger partial charge >= 0.3 is 5.97 Å². The predicted molar refractivity (Wildman–Crippen MR) is 99.6 cm³/mol. The normalized spacial score (nSPS) is 26.0. The molecule has 1 aromatic rings. The average Bonchev–Trinajstić information content (AvgIpc) is 3.02. The van der Waals surface area contributed by atoms with E-state index in [1.54, 1.807) is 18.2 Å². The Bertz CT molecular complexity index is 704. The van der Waals surface area contributed by atoms with Gasteiger partial charge in [0, 0.05) is 19.5 Å². The van der Waals surface area contributed by atoms with E-state index in [4.69, 9.17) is 4.74 Å². The second-order valence-corrected chi connectivity index (χ2v) is 8.05. The van der Waals surface area contributed by atoms with Crippen molar-refractivity contribution in [1.82, 2.24) is 4.90 Å². The maximum atomic E-state index is 12.7. The van der Waals surface area contributed by atoms with Crippen LogP contribution in [0.15, 0.2) is 24.3 Å². The first-order valence-electron chi connectivity index (χ1n) is 9.88. The number of esters is 1. The third-order valence-electron chi connectivity index (χ3n) is 6.15. The Morgan fingerprint density at radius 2 is 1.92 bits per heavy atom. The molecule has 1 N–H and O–H groups in total. The molecule has 2 saturated carbocycles. The third-order valence-corrected chi connectivity index (χ3v) is 6.15. The second kappa shape index (κ2) is 7.72. The van der Waals surface area contributed by atoms with Crippen molar-refractivity contribution in [3.8, 4) is 23.3 Å². The van der Waals surface area contributed by atoms with Gasteiger partial charge < -0.3 is 9.84 Å².